The van der Waals surface area contributed by atoms with Gasteiger partial charge in [-0.3, -0.25) is 14.2 Å². The van der Waals surface area contributed by atoms with Crippen molar-refractivity contribution in [3.05, 3.63) is 35.0 Å². The molecule has 2 N–H and O–H groups in total. The molecule has 1 heterocycles. The summed E-state index contributed by atoms with van der Waals surface area (Å²) in [4.78, 5) is 23.2. The molecule has 0 spiro atoms. The Balaban J connectivity index is 3.04. The molecule has 0 radical (unpaired) electrons. The van der Waals surface area contributed by atoms with Gasteiger partial charge in [-0.2, -0.15) is 0 Å². The highest BCUT2D eigenvalue weighted by Crippen LogP contribution is 2.28. The Labute approximate surface area is 99.0 Å². The second kappa shape index (κ2) is 3.73. The van der Waals surface area contributed by atoms with Crippen LogP contribution in [0, 0.1) is 13.8 Å². The van der Waals surface area contributed by atoms with Crippen LogP contribution in [0.1, 0.15) is 33.3 Å². The summed E-state index contributed by atoms with van der Waals surface area (Å²) in [6.45, 7) is 5.11. The lowest BCUT2D eigenvalue weighted by atomic mass is 10.1. The number of nitrogens with zero attached hydrogens (tertiary/aromatic N) is 1. The van der Waals surface area contributed by atoms with Crippen molar-refractivity contribution in [3.63, 3.8) is 0 Å². The molecule has 0 aliphatic heterocycles. The largest absolute Gasteiger partial charge is 0.366 e. The first-order valence-corrected chi connectivity index (χ1v) is 5.36. The van der Waals surface area contributed by atoms with Crippen molar-refractivity contribution in [2.24, 2.45) is 5.73 Å². The average Bonchev–Trinajstić information content (AvgIpc) is 2.51. The van der Waals surface area contributed by atoms with E-state index in [1.165, 1.54) is 11.5 Å². The van der Waals surface area contributed by atoms with Gasteiger partial charge in [-0.15, -0.1) is 0 Å². The Morgan fingerprint density at radius 2 is 1.88 bits per heavy atom. The Morgan fingerprint density at radius 3 is 2.41 bits per heavy atom. The van der Waals surface area contributed by atoms with Gasteiger partial charge in [-0.1, -0.05) is 12.1 Å². The first-order valence-electron chi connectivity index (χ1n) is 5.36. The number of nitrogens with two attached hydrogens (primary N) is 1. The summed E-state index contributed by atoms with van der Waals surface area (Å²) in [5, 5.41) is 0.771. The number of aryl methyl sites for hydroxylation is 1. The van der Waals surface area contributed by atoms with Crippen molar-refractivity contribution in [1.29, 1.82) is 0 Å². The van der Waals surface area contributed by atoms with E-state index in [-0.39, 0.29) is 5.91 Å². The molecule has 1 aromatic carbocycles. The molecule has 1 aromatic heterocycles. The molecule has 2 rings (SSSR count). The van der Waals surface area contributed by atoms with E-state index in [2.05, 4.69) is 0 Å². The number of rotatable bonds is 1. The van der Waals surface area contributed by atoms with Crippen molar-refractivity contribution in [1.82, 2.24) is 4.57 Å². The SMILES string of the molecule is CC(=O)n1c(C)c(C(N)=O)c2c(C)cccc21. The number of fused-ring (bicyclic) bond motifs is 1. The minimum Gasteiger partial charge on any atom is -0.366 e. The maximum Gasteiger partial charge on any atom is 0.251 e. The zero-order valence-corrected chi connectivity index (χ0v) is 10.1. The van der Waals surface area contributed by atoms with Gasteiger partial charge in [0.15, 0.2) is 0 Å². The average molecular weight is 230 g/mol. The van der Waals surface area contributed by atoms with Crippen LogP contribution in [0.3, 0.4) is 0 Å². The predicted molar refractivity (Wildman–Crippen MR) is 66.2 cm³/mol. The molecule has 1 amide bonds. The van der Waals surface area contributed by atoms with Crippen molar-refractivity contribution >= 4 is 22.7 Å². The number of carbonyl (C=O) groups is 2. The van der Waals surface area contributed by atoms with E-state index < -0.39 is 5.91 Å². The smallest absolute Gasteiger partial charge is 0.251 e. The molecular formula is C13H14N2O2. The molecule has 0 saturated carbocycles. The van der Waals surface area contributed by atoms with Crippen LogP contribution in [-0.2, 0) is 0 Å². The lowest BCUT2D eigenvalue weighted by Gasteiger charge is -2.02. The quantitative estimate of drug-likeness (QED) is 0.814. The van der Waals surface area contributed by atoms with E-state index in [1.54, 1.807) is 6.92 Å². The summed E-state index contributed by atoms with van der Waals surface area (Å²) in [6, 6.07) is 5.59. The minimum atomic E-state index is -0.498. The highest BCUT2D eigenvalue weighted by molar-refractivity contribution is 6.11. The van der Waals surface area contributed by atoms with E-state index >= 15 is 0 Å². The predicted octanol–water partition coefficient (Wildman–Crippen LogP) is 2.02. The van der Waals surface area contributed by atoms with Crippen LogP contribution in [0.2, 0.25) is 0 Å². The first kappa shape index (κ1) is 11.4. The third-order valence-electron chi connectivity index (χ3n) is 3.00. The lowest BCUT2D eigenvalue weighted by Crippen LogP contribution is -2.14. The van der Waals surface area contributed by atoms with Gasteiger partial charge in [-0.25, -0.2) is 0 Å². The third-order valence-corrected chi connectivity index (χ3v) is 3.00. The molecule has 0 bridgehead atoms. The molecular weight excluding hydrogens is 216 g/mol. The Morgan fingerprint density at radius 1 is 1.24 bits per heavy atom. The number of amides is 1. The van der Waals surface area contributed by atoms with E-state index in [1.807, 2.05) is 25.1 Å². The number of aromatic nitrogens is 1. The molecule has 17 heavy (non-hydrogen) atoms. The standard InChI is InChI=1S/C13H14N2O2/c1-7-5-4-6-10-11(7)12(13(14)17)8(2)15(10)9(3)16/h4-6H,1-3H3,(H2,14,17). The highest BCUT2D eigenvalue weighted by Gasteiger charge is 2.20. The van der Waals surface area contributed by atoms with E-state index in [0.717, 1.165) is 16.5 Å². The fourth-order valence-electron chi connectivity index (χ4n) is 2.34. The fourth-order valence-corrected chi connectivity index (χ4v) is 2.34. The van der Waals surface area contributed by atoms with E-state index in [9.17, 15) is 9.59 Å². The minimum absolute atomic E-state index is 0.120. The molecule has 88 valence electrons. The molecule has 0 aliphatic rings. The summed E-state index contributed by atoms with van der Waals surface area (Å²) in [6.07, 6.45) is 0. The van der Waals surface area contributed by atoms with Crippen molar-refractivity contribution < 1.29 is 9.59 Å². The molecule has 4 nitrogen and oxygen atoms in total. The second-order valence-corrected chi connectivity index (χ2v) is 4.15. The zero-order chi connectivity index (χ0) is 12.7. The molecule has 0 unspecified atom stereocenters. The lowest BCUT2D eigenvalue weighted by molar-refractivity contribution is 0.0939. The van der Waals surface area contributed by atoms with Gasteiger partial charge in [0.25, 0.3) is 5.91 Å². The van der Waals surface area contributed by atoms with Crippen molar-refractivity contribution in [2.45, 2.75) is 20.8 Å². The van der Waals surface area contributed by atoms with Gasteiger partial charge in [0.05, 0.1) is 11.1 Å². The zero-order valence-electron chi connectivity index (χ0n) is 10.1. The molecule has 0 atom stereocenters. The van der Waals surface area contributed by atoms with Crippen LogP contribution in [0.15, 0.2) is 18.2 Å². The first-order chi connectivity index (χ1) is 7.95. The number of benzene rings is 1. The van der Waals surface area contributed by atoms with Crippen LogP contribution in [-0.4, -0.2) is 16.4 Å². The maximum absolute atomic E-state index is 11.6. The number of hydrogen-bond acceptors (Lipinski definition) is 2. The number of primary amides is 1. The van der Waals surface area contributed by atoms with E-state index in [0.29, 0.717) is 11.3 Å². The number of carbonyl (C=O) groups excluding carboxylic acids is 2. The summed E-state index contributed by atoms with van der Waals surface area (Å²) < 4.78 is 1.53. The van der Waals surface area contributed by atoms with Gasteiger partial charge >= 0.3 is 0 Å². The van der Waals surface area contributed by atoms with Gasteiger partial charge in [0.1, 0.15) is 0 Å². The highest BCUT2D eigenvalue weighted by atomic mass is 16.2. The normalized spacial score (nSPS) is 10.8. The fraction of sp³-hybridized carbons (Fsp3) is 0.231. The monoisotopic (exact) mass is 230 g/mol. The molecule has 0 fully saturated rings. The van der Waals surface area contributed by atoms with Gasteiger partial charge in [0.2, 0.25) is 5.91 Å². The summed E-state index contributed by atoms with van der Waals surface area (Å²) >= 11 is 0. The maximum atomic E-state index is 11.6. The topological polar surface area (TPSA) is 65.1 Å². The molecule has 2 aromatic rings. The van der Waals surface area contributed by atoms with E-state index in [4.69, 9.17) is 5.73 Å². The van der Waals surface area contributed by atoms with Crippen LogP contribution >= 0.6 is 0 Å². The molecule has 0 aliphatic carbocycles. The van der Waals surface area contributed by atoms with Crippen LogP contribution in [0.4, 0.5) is 0 Å². The van der Waals surface area contributed by atoms with Crippen LogP contribution in [0.25, 0.3) is 10.9 Å². The van der Waals surface area contributed by atoms with Gasteiger partial charge in [0, 0.05) is 18.0 Å². The second-order valence-electron chi connectivity index (χ2n) is 4.15. The van der Waals surface area contributed by atoms with Crippen LogP contribution < -0.4 is 5.73 Å². The summed E-state index contributed by atoms with van der Waals surface area (Å²) in [5.41, 5.74) is 8.13. The third kappa shape index (κ3) is 1.53. The van der Waals surface area contributed by atoms with Gasteiger partial charge < -0.3 is 5.73 Å². The Bertz CT molecular complexity index is 638. The summed E-state index contributed by atoms with van der Waals surface area (Å²) in [7, 11) is 0. The Hall–Kier alpha value is -2.10. The Kier molecular flexibility index (Phi) is 2.50. The van der Waals surface area contributed by atoms with Crippen molar-refractivity contribution in [2.75, 3.05) is 0 Å². The van der Waals surface area contributed by atoms with Crippen LogP contribution in [0.5, 0.6) is 0 Å². The molecule has 0 saturated heterocycles. The number of hydrogen-bond donors (Lipinski definition) is 1. The van der Waals surface area contributed by atoms with Crippen molar-refractivity contribution in [3.8, 4) is 0 Å². The summed E-state index contributed by atoms with van der Waals surface area (Å²) in [5.74, 6) is -0.618. The molecule has 4 heteroatoms. The van der Waals surface area contributed by atoms with Gasteiger partial charge in [-0.05, 0) is 25.5 Å².